The number of benzene rings is 1. The van der Waals surface area contributed by atoms with Crippen molar-refractivity contribution < 1.29 is 9.72 Å². The normalized spacial score (nSPS) is 11.8. The van der Waals surface area contributed by atoms with Gasteiger partial charge in [0.1, 0.15) is 0 Å². The molecule has 0 aliphatic rings. The van der Waals surface area contributed by atoms with Gasteiger partial charge in [-0.2, -0.15) is 0 Å². The quantitative estimate of drug-likeness (QED) is 0.320. The van der Waals surface area contributed by atoms with Gasteiger partial charge in [-0.05, 0) is 19.4 Å². The second-order valence-electron chi connectivity index (χ2n) is 5.46. The molecule has 138 valence electrons. The Labute approximate surface area is 158 Å². The van der Waals surface area contributed by atoms with Gasteiger partial charge in [0.25, 0.3) is 11.2 Å². The van der Waals surface area contributed by atoms with Gasteiger partial charge in [0.05, 0.1) is 20.9 Å². The average molecular weight is 397 g/mol. The Balaban J connectivity index is 2.12. The number of anilines is 1. The van der Waals surface area contributed by atoms with Gasteiger partial charge in [-0.1, -0.05) is 36.7 Å². The minimum Gasteiger partial charge on any atom is -0.324 e. The molecule has 1 atom stereocenters. The summed E-state index contributed by atoms with van der Waals surface area (Å²) < 4.78 is 0. The van der Waals surface area contributed by atoms with E-state index in [2.05, 4.69) is 15.3 Å². The van der Waals surface area contributed by atoms with Crippen molar-refractivity contribution in [3.63, 3.8) is 0 Å². The van der Waals surface area contributed by atoms with E-state index in [4.69, 9.17) is 11.6 Å². The van der Waals surface area contributed by atoms with E-state index in [1.165, 1.54) is 24.3 Å². The third-order valence-electron chi connectivity index (χ3n) is 3.36. The van der Waals surface area contributed by atoms with Crippen LogP contribution in [0.3, 0.4) is 0 Å². The van der Waals surface area contributed by atoms with E-state index in [9.17, 15) is 19.7 Å². The fourth-order valence-corrected chi connectivity index (χ4v) is 3.10. The molecule has 1 heterocycles. The van der Waals surface area contributed by atoms with E-state index in [0.717, 1.165) is 18.2 Å². The molecule has 8 nitrogen and oxygen atoms in total. The van der Waals surface area contributed by atoms with Crippen LogP contribution in [0, 0.1) is 10.1 Å². The fraction of sp³-hybridized carbons (Fsp3) is 0.312. The van der Waals surface area contributed by atoms with Crippen molar-refractivity contribution in [1.82, 2.24) is 9.97 Å². The van der Waals surface area contributed by atoms with Gasteiger partial charge in [0.2, 0.25) is 5.91 Å². The summed E-state index contributed by atoms with van der Waals surface area (Å²) in [5.41, 5.74) is 0.358. The van der Waals surface area contributed by atoms with Crippen molar-refractivity contribution in [2.24, 2.45) is 0 Å². The highest BCUT2D eigenvalue weighted by molar-refractivity contribution is 8.00. The first-order valence-corrected chi connectivity index (χ1v) is 9.07. The number of nitro benzene ring substituents is 1. The number of amides is 1. The zero-order valence-electron chi connectivity index (χ0n) is 14.1. The van der Waals surface area contributed by atoms with Gasteiger partial charge in [-0.15, -0.1) is 0 Å². The Bertz CT molecular complexity index is 887. The van der Waals surface area contributed by atoms with Crippen LogP contribution in [0.25, 0.3) is 0 Å². The molecule has 10 heteroatoms. The van der Waals surface area contributed by atoms with Gasteiger partial charge in [0, 0.05) is 23.9 Å². The molecule has 2 rings (SSSR count). The molecule has 2 aromatic rings. The van der Waals surface area contributed by atoms with Crippen LogP contribution in [0.15, 0.2) is 34.2 Å². The summed E-state index contributed by atoms with van der Waals surface area (Å²) >= 11 is 7.07. The largest absolute Gasteiger partial charge is 0.324 e. The molecule has 0 radical (unpaired) electrons. The maximum Gasteiger partial charge on any atom is 0.271 e. The number of aryl methyl sites for hydroxylation is 1. The number of thioether (sulfide) groups is 1. The van der Waals surface area contributed by atoms with Crippen LogP contribution in [0.1, 0.15) is 26.0 Å². The highest BCUT2D eigenvalue weighted by atomic mass is 35.5. The Morgan fingerprint density at radius 2 is 2.19 bits per heavy atom. The summed E-state index contributed by atoms with van der Waals surface area (Å²) in [7, 11) is 0. The van der Waals surface area contributed by atoms with Crippen molar-refractivity contribution in [3.8, 4) is 0 Å². The van der Waals surface area contributed by atoms with Crippen molar-refractivity contribution in [2.45, 2.75) is 37.1 Å². The number of hydrogen-bond acceptors (Lipinski definition) is 6. The number of nitrogens with zero attached hydrogens (tertiary/aromatic N) is 2. The Kier molecular flexibility index (Phi) is 6.76. The van der Waals surface area contributed by atoms with Crippen LogP contribution in [-0.4, -0.2) is 26.0 Å². The van der Waals surface area contributed by atoms with Gasteiger partial charge in [0.15, 0.2) is 5.16 Å². The van der Waals surface area contributed by atoms with Gasteiger partial charge in [-0.3, -0.25) is 19.7 Å². The number of hydrogen-bond donors (Lipinski definition) is 2. The molecule has 0 unspecified atom stereocenters. The molecule has 1 aromatic carbocycles. The monoisotopic (exact) mass is 396 g/mol. The van der Waals surface area contributed by atoms with Crippen LogP contribution in [0.4, 0.5) is 11.4 Å². The molecule has 0 aliphatic heterocycles. The van der Waals surface area contributed by atoms with E-state index in [1.807, 2.05) is 6.92 Å². The van der Waals surface area contributed by atoms with Crippen LogP contribution in [0.5, 0.6) is 0 Å². The standard InChI is InChI=1S/C16H17ClN4O4S/c1-3-4-10-7-14(22)20-16(18-10)26-9(2)15(23)19-13-8-11(21(24)25)5-6-12(13)17/h5-9H,3-4H2,1-2H3,(H,19,23)(H,18,20,22)/t9-/m1/s1. The molecule has 2 N–H and O–H groups in total. The molecular formula is C16H17ClN4O4S. The van der Waals surface area contributed by atoms with E-state index in [1.54, 1.807) is 6.92 Å². The number of aromatic nitrogens is 2. The summed E-state index contributed by atoms with van der Waals surface area (Å²) in [4.78, 5) is 41.2. The van der Waals surface area contributed by atoms with Crippen LogP contribution >= 0.6 is 23.4 Å². The highest BCUT2D eigenvalue weighted by Crippen LogP contribution is 2.28. The van der Waals surface area contributed by atoms with E-state index >= 15 is 0 Å². The molecule has 0 saturated heterocycles. The van der Waals surface area contributed by atoms with Crippen molar-refractivity contribution in [1.29, 1.82) is 0 Å². The first-order chi connectivity index (χ1) is 12.3. The predicted octanol–water partition coefficient (Wildman–Crippen LogP) is 3.40. The molecule has 1 aromatic heterocycles. The van der Waals surface area contributed by atoms with Crippen molar-refractivity contribution in [2.75, 3.05) is 5.32 Å². The van der Waals surface area contributed by atoms with E-state index in [-0.39, 0.29) is 22.0 Å². The first-order valence-electron chi connectivity index (χ1n) is 7.82. The number of rotatable bonds is 7. The van der Waals surface area contributed by atoms with Crippen LogP contribution in [-0.2, 0) is 11.2 Å². The number of carbonyl (C=O) groups excluding carboxylic acids is 1. The van der Waals surface area contributed by atoms with Crippen molar-refractivity contribution >= 4 is 40.6 Å². The third kappa shape index (κ3) is 5.30. The second-order valence-corrected chi connectivity index (χ2v) is 7.20. The van der Waals surface area contributed by atoms with Crippen molar-refractivity contribution in [3.05, 3.63) is 55.5 Å². The number of aromatic amines is 1. The summed E-state index contributed by atoms with van der Waals surface area (Å²) in [5, 5.41) is 13.3. The maximum absolute atomic E-state index is 12.4. The fourth-order valence-electron chi connectivity index (χ4n) is 2.10. The molecule has 0 saturated carbocycles. The number of halogens is 1. The minimum absolute atomic E-state index is 0.152. The van der Waals surface area contributed by atoms with Gasteiger partial charge >= 0.3 is 0 Å². The Hall–Kier alpha value is -2.39. The van der Waals surface area contributed by atoms with Gasteiger partial charge < -0.3 is 10.3 Å². The third-order valence-corrected chi connectivity index (χ3v) is 4.67. The number of nitrogens with one attached hydrogen (secondary N) is 2. The number of nitro groups is 1. The number of non-ortho nitro benzene ring substituents is 1. The predicted molar refractivity (Wildman–Crippen MR) is 101 cm³/mol. The number of carbonyl (C=O) groups is 1. The maximum atomic E-state index is 12.4. The lowest BCUT2D eigenvalue weighted by atomic mass is 10.2. The molecular weight excluding hydrogens is 380 g/mol. The molecule has 26 heavy (non-hydrogen) atoms. The second kappa shape index (κ2) is 8.81. The number of H-pyrrole nitrogens is 1. The SMILES string of the molecule is CCCc1cc(=O)[nH]c(S[C@H](C)C(=O)Nc2cc([N+](=O)[O-])ccc2Cl)n1. The molecule has 0 aliphatic carbocycles. The van der Waals surface area contributed by atoms with Crippen LogP contribution < -0.4 is 10.9 Å². The zero-order chi connectivity index (χ0) is 19.3. The summed E-state index contributed by atoms with van der Waals surface area (Å²) in [5.74, 6) is -0.416. The zero-order valence-corrected chi connectivity index (χ0v) is 15.7. The Morgan fingerprint density at radius 3 is 2.85 bits per heavy atom. The molecule has 1 amide bonds. The topological polar surface area (TPSA) is 118 Å². The molecule has 0 fully saturated rings. The summed E-state index contributed by atoms with van der Waals surface area (Å²) in [6.45, 7) is 3.62. The molecule has 0 bridgehead atoms. The van der Waals surface area contributed by atoms with E-state index < -0.39 is 16.1 Å². The lowest BCUT2D eigenvalue weighted by molar-refractivity contribution is -0.384. The highest BCUT2D eigenvalue weighted by Gasteiger charge is 2.19. The van der Waals surface area contributed by atoms with Crippen LogP contribution in [0.2, 0.25) is 5.02 Å². The lowest BCUT2D eigenvalue weighted by Gasteiger charge is -2.12. The summed E-state index contributed by atoms with van der Waals surface area (Å²) in [6, 6.07) is 5.23. The van der Waals surface area contributed by atoms with E-state index in [0.29, 0.717) is 17.3 Å². The lowest BCUT2D eigenvalue weighted by Crippen LogP contribution is -2.23. The molecule has 0 spiro atoms. The first kappa shape index (κ1) is 19.9. The van der Waals surface area contributed by atoms with Gasteiger partial charge in [-0.25, -0.2) is 4.98 Å². The average Bonchev–Trinajstić information content (AvgIpc) is 2.56. The Morgan fingerprint density at radius 1 is 1.46 bits per heavy atom. The summed E-state index contributed by atoms with van der Waals surface area (Å²) in [6.07, 6.45) is 1.52. The smallest absolute Gasteiger partial charge is 0.271 e. The minimum atomic E-state index is -0.606.